The van der Waals surface area contributed by atoms with Gasteiger partial charge in [0.1, 0.15) is 23.1 Å². The molecule has 3 rings (SSSR count). The first-order chi connectivity index (χ1) is 15.0. The van der Waals surface area contributed by atoms with E-state index in [4.69, 9.17) is 10.5 Å². The fourth-order valence-electron chi connectivity index (χ4n) is 3.31. The minimum absolute atomic E-state index is 0.281. The number of nitrogens with two attached hydrogens (primary N) is 1. The molecule has 0 aliphatic rings. The maximum Gasteiger partial charge on any atom is 0.229 e. The van der Waals surface area contributed by atoms with Crippen LogP contribution in [-0.4, -0.2) is 29.0 Å². The van der Waals surface area contributed by atoms with Gasteiger partial charge in [-0.1, -0.05) is 30.8 Å². The second-order valence-corrected chi connectivity index (χ2v) is 6.92. The van der Waals surface area contributed by atoms with Crippen LogP contribution in [-0.2, 0) is 16.0 Å². The zero-order chi connectivity index (χ0) is 22.2. The molecule has 0 bridgehead atoms. The number of nitrogens with zero attached hydrogens (tertiary/aromatic N) is 2. The first kappa shape index (κ1) is 22.0. The molecule has 6 nitrogen and oxygen atoms in total. The van der Waals surface area contributed by atoms with Crippen LogP contribution in [0.15, 0.2) is 67.5 Å². The summed E-state index contributed by atoms with van der Waals surface area (Å²) in [6.07, 6.45) is 3.82. The van der Waals surface area contributed by atoms with Crippen molar-refractivity contribution >= 4 is 17.5 Å². The number of benzene rings is 1. The van der Waals surface area contributed by atoms with Crippen LogP contribution in [0.4, 0.5) is 10.2 Å². The number of halogens is 1. The summed E-state index contributed by atoms with van der Waals surface area (Å²) >= 11 is 0. The summed E-state index contributed by atoms with van der Waals surface area (Å²) in [4.78, 5) is 21.1. The van der Waals surface area contributed by atoms with Crippen molar-refractivity contribution in [1.82, 2.24) is 9.97 Å². The van der Waals surface area contributed by atoms with Gasteiger partial charge in [-0.2, -0.15) is 0 Å². The van der Waals surface area contributed by atoms with Crippen molar-refractivity contribution in [3.63, 3.8) is 0 Å². The second-order valence-electron chi connectivity index (χ2n) is 6.92. The third-order valence-corrected chi connectivity index (χ3v) is 4.74. The monoisotopic (exact) mass is 420 g/mol. The van der Waals surface area contributed by atoms with Crippen molar-refractivity contribution in [3.05, 3.63) is 95.7 Å². The molecule has 160 valence electrons. The molecule has 0 aliphatic carbocycles. The number of aromatic nitrogens is 2. The van der Waals surface area contributed by atoms with E-state index in [1.807, 2.05) is 13.0 Å². The van der Waals surface area contributed by atoms with E-state index in [0.717, 1.165) is 5.56 Å². The summed E-state index contributed by atoms with van der Waals surface area (Å²) in [7, 11) is 0. The van der Waals surface area contributed by atoms with Crippen molar-refractivity contribution < 1.29 is 13.9 Å². The number of ether oxygens (including phenoxy) is 1. The highest BCUT2D eigenvalue weighted by atomic mass is 19.1. The highest BCUT2D eigenvalue weighted by Crippen LogP contribution is 2.30. The topological polar surface area (TPSA) is 90.1 Å². The largest absolute Gasteiger partial charge is 0.492 e. The highest BCUT2D eigenvalue weighted by molar-refractivity contribution is 5.87. The lowest BCUT2D eigenvalue weighted by atomic mass is 9.91. The quantitative estimate of drug-likeness (QED) is 0.486. The lowest BCUT2D eigenvalue weighted by molar-refractivity contribution is -0.118. The summed E-state index contributed by atoms with van der Waals surface area (Å²) in [6.45, 7) is 6.71. The molecule has 2 aromatic heterocycles. The van der Waals surface area contributed by atoms with E-state index in [1.54, 1.807) is 42.7 Å². The van der Waals surface area contributed by atoms with Gasteiger partial charge in [-0.05, 0) is 48.7 Å². The van der Waals surface area contributed by atoms with Gasteiger partial charge in [-0.25, -0.2) is 9.37 Å². The molecule has 0 saturated carbocycles. The van der Waals surface area contributed by atoms with Crippen LogP contribution >= 0.6 is 0 Å². The van der Waals surface area contributed by atoms with E-state index in [9.17, 15) is 9.18 Å². The fraction of sp³-hybridized carbons (Fsp3) is 0.208. The summed E-state index contributed by atoms with van der Waals surface area (Å²) in [5.41, 5.74) is 8.43. The van der Waals surface area contributed by atoms with Gasteiger partial charge in [0.05, 0.1) is 12.5 Å². The number of amides is 1. The SMILES string of the molecule is C=C(OCC)c1ccc(C(C(N)=O)c2cccnc2)c(NCCc2cccc(F)c2)n1. The number of anilines is 1. The Hall–Kier alpha value is -3.74. The molecule has 1 amide bonds. The number of pyridine rings is 2. The minimum Gasteiger partial charge on any atom is -0.492 e. The van der Waals surface area contributed by atoms with Crippen molar-refractivity contribution in [1.29, 1.82) is 0 Å². The molecule has 31 heavy (non-hydrogen) atoms. The molecule has 7 heteroatoms. The van der Waals surface area contributed by atoms with Crippen LogP contribution in [0.25, 0.3) is 5.76 Å². The van der Waals surface area contributed by atoms with Crippen LogP contribution in [0.5, 0.6) is 0 Å². The third kappa shape index (κ3) is 5.66. The molecule has 0 radical (unpaired) electrons. The number of hydrogen-bond donors (Lipinski definition) is 2. The second kappa shape index (κ2) is 10.3. The average Bonchev–Trinajstić information content (AvgIpc) is 2.75. The number of nitrogens with one attached hydrogen (secondary N) is 1. The zero-order valence-electron chi connectivity index (χ0n) is 17.3. The first-order valence-electron chi connectivity index (χ1n) is 10.00. The summed E-state index contributed by atoms with van der Waals surface area (Å²) in [5, 5.41) is 3.27. The van der Waals surface area contributed by atoms with E-state index in [-0.39, 0.29) is 5.82 Å². The number of hydrogen-bond acceptors (Lipinski definition) is 5. The van der Waals surface area contributed by atoms with Gasteiger partial charge in [0.25, 0.3) is 0 Å². The van der Waals surface area contributed by atoms with E-state index < -0.39 is 11.8 Å². The Bertz CT molecular complexity index is 1060. The van der Waals surface area contributed by atoms with Crippen molar-refractivity contribution in [3.8, 4) is 0 Å². The molecular weight excluding hydrogens is 395 g/mol. The lowest BCUT2D eigenvalue weighted by Gasteiger charge is -2.19. The van der Waals surface area contributed by atoms with E-state index in [2.05, 4.69) is 21.9 Å². The molecular formula is C24H25FN4O2. The zero-order valence-corrected chi connectivity index (χ0v) is 17.3. The molecule has 1 unspecified atom stereocenters. The van der Waals surface area contributed by atoms with Crippen molar-refractivity contribution in [2.45, 2.75) is 19.3 Å². The summed E-state index contributed by atoms with van der Waals surface area (Å²) in [6, 6.07) is 13.5. The standard InChI is InChI=1S/C24H25FN4O2/c1-3-31-16(2)21-10-9-20(22(23(26)30)18-7-5-12-27-15-18)24(29-21)28-13-11-17-6-4-8-19(25)14-17/h4-10,12,14-15,22H,2-3,11,13H2,1H3,(H2,26,30)(H,28,29). The van der Waals surface area contributed by atoms with E-state index >= 15 is 0 Å². The average molecular weight is 420 g/mol. The molecule has 0 fully saturated rings. The molecule has 0 aliphatic heterocycles. The van der Waals surface area contributed by atoms with Gasteiger partial charge < -0.3 is 15.8 Å². The number of carbonyl (C=O) groups is 1. The predicted molar refractivity (Wildman–Crippen MR) is 119 cm³/mol. The molecule has 3 aromatic rings. The minimum atomic E-state index is -0.729. The fourth-order valence-corrected chi connectivity index (χ4v) is 3.31. The van der Waals surface area contributed by atoms with Gasteiger partial charge in [0.2, 0.25) is 5.91 Å². The van der Waals surface area contributed by atoms with Crippen LogP contribution < -0.4 is 11.1 Å². The molecule has 3 N–H and O–H groups in total. The third-order valence-electron chi connectivity index (χ3n) is 4.74. The molecule has 1 aromatic carbocycles. The van der Waals surface area contributed by atoms with E-state index in [0.29, 0.717) is 48.0 Å². The maximum absolute atomic E-state index is 13.5. The summed E-state index contributed by atoms with van der Waals surface area (Å²) < 4.78 is 18.9. The van der Waals surface area contributed by atoms with E-state index in [1.165, 1.54) is 12.1 Å². The Morgan fingerprint density at radius 1 is 1.26 bits per heavy atom. The van der Waals surface area contributed by atoms with Gasteiger partial charge in [-0.15, -0.1) is 0 Å². The Kier molecular flexibility index (Phi) is 7.32. The van der Waals surface area contributed by atoms with Crippen LogP contribution in [0.3, 0.4) is 0 Å². The van der Waals surface area contributed by atoms with Crippen molar-refractivity contribution in [2.24, 2.45) is 5.73 Å². The van der Waals surface area contributed by atoms with Crippen LogP contribution in [0, 0.1) is 5.82 Å². The highest BCUT2D eigenvalue weighted by Gasteiger charge is 2.25. The number of carbonyl (C=O) groups excluding carboxylic acids is 1. The number of rotatable bonds is 10. The predicted octanol–water partition coefficient (Wildman–Crippen LogP) is 3.89. The number of primary amides is 1. The molecule has 0 spiro atoms. The normalized spacial score (nSPS) is 11.5. The first-order valence-corrected chi connectivity index (χ1v) is 10.00. The Morgan fingerprint density at radius 2 is 2.10 bits per heavy atom. The Morgan fingerprint density at radius 3 is 2.77 bits per heavy atom. The molecule has 0 saturated heterocycles. The molecule has 1 atom stereocenters. The summed E-state index contributed by atoms with van der Waals surface area (Å²) in [5.74, 6) is -0.606. The van der Waals surface area contributed by atoms with Gasteiger partial charge in [0, 0.05) is 24.5 Å². The Balaban J connectivity index is 1.93. The van der Waals surface area contributed by atoms with Gasteiger partial charge in [0.15, 0.2) is 0 Å². The van der Waals surface area contributed by atoms with Gasteiger partial charge >= 0.3 is 0 Å². The smallest absolute Gasteiger partial charge is 0.229 e. The maximum atomic E-state index is 13.5. The van der Waals surface area contributed by atoms with Crippen LogP contribution in [0.1, 0.15) is 35.2 Å². The molecule has 2 heterocycles. The lowest BCUT2D eigenvalue weighted by Crippen LogP contribution is -2.24. The van der Waals surface area contributed by atoms with Gasteiger partial charge in [-0.3, -0.25) is 9.78 Å². The Labute approximate surface area is 181 Å². The van der Waals surface area contributed by atoms with Crippen LogP contribution in [0.2, 0.25) is 0 Å². The van der Waals surface area contributed by atoms with Crippen molar-refractivity contribution in [2.75, 3.05) is 18.5 Å².